The van der Waals surface area contributed by atoms with Gasteiger partial charge in [-0.15, -0.1) is 0 Å². The van der Waals surface area contributed by atoms with Gasteiger partial charge in [0.25, 0.3) is 0 Å². The Bertz CT molecular complexity index is 319. The summed E-state index contributed by atoms with van der Waals surface area (Å²) in [4.78, 5) is 24.0. The van der Waals surface area contributed by atoms with Gasteiger partial charge in [0, 0.05) is 6.61 Å². The van der Waals surface area contributed by atoms with E-state index in [1.165, 1.54) is 13.5 Å². The second kappa shape index (κ2) is 6.89. The van der Waals surface area contributed by atoms with Crippen LogP contribution in [0.25, 0.3) is 0 Å². The highest BCUT2D eigenvalue weighted by Gasteiger charge is 2.34. The summed E-state index contributed by atoms with van der Waals surface area (Å²) in [5, 5.41) is 2.89. The van der Waals surface area contributed by atoms with Crippen LogP contribution in [-0.4, -0.2) is 38.2 Å². The number of rotatable bonds is 4. The molecule has 0 radical (unpaired) electrons. The predicted molar refractivity (Wildman–Crippen MR) is 69.4 cm³/mol. The van der Waals surface area contributed by atoms with Crippen LogP contribution >= 0.6 is 0 Å². The minimum atomic E-state index is -0.488. The molecule has 2 atom stereocenters. The van der Waals surface area contributed by atoms with Crippen molar-refractivity contribution >= 4 is 11.9 Å². The van der Waals surface area contributed by atoms with E-state index in [1.807, 2.05) is 0 Å². The lowest BCUT2D eigenvalue weighted by molar-refractivity contribution is -0.147. The van der Waals surface area contributed by atoms with E-state index in [0.29, 0.717) is 13.2 Å². The summed E-state index contributed by atoms with van der Waals surface area (Å²) in [6.07, 6.45) is 6.18. The van der Waals surface area contributed by atoms with Crippen molar-refractivity contribution in [2.75, 3.05) is 20.3 Å². The Balaban J connectivity index is 1.96. The monoisotopic (exact) mass is 269 g/mol. The van der Waals surface area contributed by atoms with Crippen molar-refractivity contribution in [1.29, 1.82) is 0 Å². The smallest absolute Gasteiger partial charge is 0.328 e. The number of amides is 1. The molecule has 1 saturated carbocycles. The third kappa shape index (κ3) is 3.69. The molecule has 2 rings (SSSR count). The van der Waals surface area contributed by atoms with Crippen LogP contribution in [0, 0.1) is 11.8 Å². The van der Waals surface area contributed by atoms with Crippen molar-refractivity contribution in [3.8, 4) is 0 Å². The SMILES string of the molecule is COC(=O)[C@@H](NC(=O)[C@H]1CCOC1)C1CCCCC1. The Morgan fingerprint density at radius 3 is 2.53 bits per heavy atom. The van der Waals surface area contributed by atoms with Crippen molar-refractivity contribution in [3.05, 3.63) is 0 Å². The van der Waals surface area contributed by atoms with Gasteiger partial charge < -0.3 is 14.8 Å². The predicted octanol–water partition coefficient (Wildman–Crippen LogP) is 1.26. The van der Waals surface area contributed by atoms with Crippen LogP contribution in [-0.2, 0) is 19.1 Å². The highest BCUT2D eigenvalue weighted by Crippen LogP contribution is 2.27. The zero-order valence-corrected chi connectivity index (χ0v) is 11.5. The van der Waals surface area contributed by atoms with Gasteiger partial charge in [-0.3, -0.25) is 4.79 Å². The molecule has 2 fully saturated rings. The molecule has 1 saturated heterocycles. The summed E-state index contributed by atoms with van der Waals surface area (Å²) >= 11 is 0. The van der Waals surface area contributed by atoms with Gasteiger partial charge in [-0.2, -0.15) is 0 Å². The molecule has 19 heavy (non-hydrogen) atoms. The van der Waals surface area contributed by atoms with Gasteiger partial charge in [-0.25, -0.2) is 4.79 Å². The van der Waals surface area contributed by atoms with Gasteiger partial charge in [-0.05, 0) is 25.2 Å². The fourth-order valence-electron chi connectivity index (χ4n) is 2.98. The molecule has 0 aromatic rings. The molecule has 1 heterocycles. The van der Waals surface area contributed by atoms with E-state index < -0.39 is 6.04 Å². The zero-order valence-electron chi connectivity index (χ0n) is 11.5. The fourth-order valence-corrected chi connectivity index (χ4v) is 2.98. The third-order valence-corrected chi connectivity index (χ3v) is 4.17. The van der Waals surface area contributed by atoms with Crippen LogP contribution < -0.4 is 5.32 Å². The van der Waals surface area contributed by atoms with Gasteiger partial charge in [0.15, 0.2) is 0 Å². The summed E-state index contributed by atoms with van der Waals surface area (Å²) in [5.74, 6) is -0.291. The number of esters is 1. The normalized spacial score (nSPS) is 25.8. The number of hydrogen-bond acceptors (Lipinski definition) is 4. The van der Waals surface area contributed by atoms with Gasteiger partial charge in [-0.1, -0.05) is 19.3 Å². The molecule has 1 N–H and O–H groups in total. The minimum absolute atomic E-state index is 0.0709. The second-order valence-corrected chi connectivity index (χ2v) is 5.47. The van der Waals surface area contributed by atoms with Gasteiger partial charge in [0.1, 0.15) is 6.04 Å². The van der Waals surface area contributed by atoms with E-state index in [4.69, 9.17) is 9.47 Å². The molecule has 1 amide bonds. The van der Waals surface area contributed by atoms with Crippen molar-refractivity contribution in [3.63, 3.8) is 0 Å². The Morgan fingerprint density at radius 1 is 1.21 bits per heavy atom. The van der Waals surface area contributed by atoms with Crippen LogP contribution in [0.15, 0.2) is 0 Å². The number of nitrogens with one attached hydrogen (secondary N) is 1. The van der Waals surface area contributed by atoms with Crippen LogP contribution in [0.5, 0.6) is 0 Å². The Morgan fingerprint density at radius 2 is 1.95 bits per heavy atom. The quantitative estimate of drug-likeness (QED) is 0.780. The maximum Gasteiger partial charge on any atom is 0.328 e. The first-order chi connectivity index (χ1) is 9.22. The summed E-state index contributed by atoms with van der Waals surface area (Å²) in [6, 6.07) is -0.488. The Hall–Kier alpha value is -1.10. The molecule has 5 heteroatoms. The lowest BCUT2D eigenvalue weighted by Gasteiger charge is -2.29. The lowest BCUT2D eigenvalue weighted by atomic mass is 9.83. The van der Waals surface area contributed by atoms with Gasteiger partial charge >= 0.3 is 5.97 Å². The Kier molecular flexibility index (Phi) is 5.19. The van der Waals surface area contributed by atoms with Gasteiger partial charge in [0.2, 0.25) is 5.91 Å². The van der Waals surface area contributed by atoms with Crippen LogP contribution in [0.1, 0.15) is 38.5 Å². The second-order valence-electron chi connectivity index (χ2n) is 5.47. The molecule has 5 nitrogen and oxygen atoms in total. The lowest BCUT2D eigenvalue weighted by Crippen LogP contribution is -2.49. The maximum absolute atomic E-state index is 12.1. The molecule has 1 aliphatic carbocycles. The zero-order chi connectivity index (χ0) is 13.7. The molecule has 0 unspecified atom stereocenters. The molecular weight excluding hydrogens is 246 g/mol. The largest absolute Gasteiger partial charge is 0.467 e. The van der Waals surface area contributed by atoms with Crippen molar-refractivity contribution < 1.29 is 19.1 Å². The van der Waals surface area contributed by atoms with E-state index in [1.54, 1.807) is 0 Å². The molecule has 0 aromatic heterocycles. The first kappa shape index (κ1) is 14.3. The number of methoxy groups -OCH3 is 1. The van der Waals surface area contributed by atoms with E-state index >= 15 is 0 Å². The molecule has 1 aliphatic heterocycles. The van der Waals surface area contributed by atoms with Crippen LogP contribution in [0.4, 0.5) is 0 Å². The summed E-state index contributed by atoms with van der Waals surface area (Å²) in [6.45, 7) is 1.09. The van der Waals surface area contributed by atoms with E-state index in [-0.39, 0.29) is 23.7 Å². The van der Waals surface area contributed by atoms with E-state index in [2.05, 4.69) is 5.32 Å². The highest BCUT2D eigenvalue weighted by molar-refractivity contribution is 5.86. The summed E-state index contributed by atoms with van der Waals surface area (Å²) in [5.41, 5.74) is 0. The maximum atomic E-state index is 12.1. The third-order valence-electron chi connectivity index (χ3n) is 4.17. The van der Waals surface area contributed by atoms with Crippen molar-refractivity contribution in [2.45, 2.75) is 44.6 Å². The average molecular weight is 269 g/mol. The van der Waals surface area contributed by atoms with Gasteiger partial charge in [0.05, 0.1) is 19.6 Å². The summed E-state index contributed by atoms with van der Waals surface area (Å²) in [7, 11) is 1.38. The van der Waals surface area contributed by atoms with Crippen LogP contribution in [0.2, 0.25) is 0 Å². The average Bonchev–Trinajstić information content (AvgIpc) is 2.99. The minimum Gasteiger partial charge on any atom is -0.467 e. The molecule has 2 aliphatic rings. The molecule has 0 bridgehead atoms. The standard InChI is InChI=1S/C14H23NO4/c1-18-14(17)12(10-5-3-2-4-6-10)15-13(16)11-7-8-19-9-11/h10-12H,2-9H2,1H3,(H,15,16)/t11-,12-/m0/s1. The van der Waals surface area contributed by atoms with E-state index in [0.717, 1.165) is 32.1 Å². The molecular formula is C14H23NO4. The first-order valence-electron chi connectivity index (χ1n) is 7.18. The number of carbonyl (C=O) groups excluding carboxylic acids is 2. The van der Waals surface area contributed by atoms with Crippen LogP contribution in [0.3, 0.4) is 0 Å². The number of hydrogen-bond donors (Lipinski definition) is 1. The number of ether oxygens (including phenoxy) is 2. The molecule has 0 spiro atoms. The Labute approximate surface area is 114 Å². The van der Waals surface area contributed by atoms with Crippen molar-refractivity contribution in [1.82, 2.24) is 5.32 Å². The first-order valence-corrected chi connectivity index (χ1v) is 7.18. The topological polar surface area (TPSA) is 64.6 Å². The fraction of sp³-hybridized carbons (Fsp3) is 0.857. The molecule has 108 valence electrons. The number of carbonyl (C=O) groups is 2. The van der Waals surface area contributed by atoms with Crippen molar-refractivity contribution in [2.24, 2.45) is 11.8 Å². The highest BCUT2D eigenvalue weighted by atomic mass is 16.5. The summed E-state index contributed by atoms with van der Waals surface area (Å²) < 4.78 is 10.1. The molecule has 0 aromatic carbocycles. The van der Waals surface area contributed by atoms with E-state index in [9.17, 15) is 9.59 Å².